The van der Waals surface area contributed by atoms with Gasteiger partial charge in [-0.05, 0) is 48.5 Å². The fraction of sp³-hybridized carbons (Fsp3) is 0.118. The molecule has 0 aromatic heterocycles. The highest BCUT2D eigenvalue weighted by Gasteiger charge is 2.02. The number of benzene rings is 2. The number of nitrogens with zero attached hydrogens (tertiary/aromatic N) is 2. The first-order valence-electron chi connectivity index (χ1n) is 6.75. The van der Waals surface area contributed by atoms with Crippen molar-refractivity contribution in [3.8, 4) is 12.1 Å². The van der Waals surface area contributed by atoms with Crippen LogP contribution in [0.2, 0.25) is 0 Å². The molecule has 2 N–H and O–H groups in total. The van der Waals surface area contributed by atoms with Gasteiger partial charge in [-0.15, -0.1) is 0 Å². The molecular weight excluding hydrogens is 276 g/mol. The summed E-state index contributed by atoms with van der Waals surface area (Å²) >= 11 is 0. The second-order valence-electron chi connectivity index (χ2n) is 4.60. The normalized spacial score (nSPS) is 9.36. The van der Waals surface area contributed by atoms with E-state index < -0.39 is 0 Å². The van der Waals surface area contributed by atoms with Crippen molar-refractivity contribution in [1.29, 1.82) is 10.5 Å². The van der Waals surface area contributed by atoms with Crippen LogP contribution in [0.5, 0.6) is 0 Å². The Morgan fingerprint density at radius 3 is 1.86 bits per heavy atom. The van der Waals surface area contributed by atoms with Crippen LogP contribution < -0.4 is 10.6 Å². The summed E-state index contributed by atoms with van der Waals surface area (Å²) < 4.78 is 0. The lowest BCUT2D eigenvalue weighted by Gasteiger charge is -2.07. The first-order valence-corrected chi connectivity index (χ1v) is 6.75. The number of carbonyl (C=O) groups is 1. The molecule has 0 unspecified atom stereocenters. The molecule has 22 heavy (non-hydrogen) atoms. The molecule has 0 aliphatic rings. The lowest BCUT2D eigenvalue weighted by molar-refractivity contribution is -0.115. The lowest BCUT2D eigenvalue weighted by Crippen LogP contribution is -2.16. The van der Waals surface area contributed by atoms with Crippen molar-refractivity contribution in [3.63, 3.8) is 0 Å². The average Bonchev–Trinajstić information content (AvgIpc) is 2.56. The predicted molar refractivity (Wildman–Crippen MR) is 84.1 cm³/mol. The molecule has 0 aliphatic heterocycles. The SMILES string of the molecule is N#Cc1ccc(NCCC(=O)Nc2ccc(C#N)cc2)cc1. The molecule has 5 heteroatoms. The molecule has 0 bridgehead atoms. The summed E-state index contributed by atoms with van der Waals surface area (Å²) in [5, 5.41) is 23.3. The summed E-state index contributed by atoms with van der Waals surface area (Å²) in [5.74, 6) is -0.106. The molecule has 2 aromatic rings. The number of hydrogen-bond donors (Lipinski definition) is 2. The van der Waals surface area contributed by atoms with Gasteiger partial charge in [-0.2, -0.15) is 10.5 Å². The summed E-state index contributed by atoms with van der Waals surface area (Å²) in [6.07, 6.45) is 0.319. The van der Waals surface area contributed by atoms with Crippen LogP contribution in [0.15, 0.2) is 48.5 Å². The Labute approximate surface area is 128 Å². The Kier molecular flexibility index (Phi) is 5.12. The van der Waals surface area contributed by atoms with E-state index in [0.717, 1.165) is 5.69 Å². The molecule has 0 spiro atoms. The van der Waals surface area contributed by atoms with Crippen LogP contribution >= 0.6 is 0 Å². The van der Waals surface area contributed by atoms with Crippen LogP contribution in [0.1, 0.15) is 17.5 Å². The van der Waals surface area contributed by atoms with Crippen molar-refractivity contribution in [1.82, 2.24) is 0 Å². The molecule has 1 amide bonds. The minimum Gasteiger partial charge on any atom is -0.385 e. The molecule has 2 rings (SSSR count). The van der Waals surface area contributed by atoms with E-state index in [1.54, 1.807) is 48.5 Å². The molecule has 0 saturated heterocycles. The maximum absolute atomic E-state index is 11.8. The van der Waals surface area contributed by atoms with Gasteiger partial charge in [0, 0.05) is 24.3 Å². The van der Waals surface area contributed by atoms with Gasteiger partial charge >= 0.3 is 0 Å². The number of rotatable bonds is 5. The van der Waals surface area contributed by atoms with E-state index in [1.807, 2.05) is 6.07 Å². The van der Waals surface area contributed by atoms with Crippen LogP contribution in [-0.4, -0.2) is 12.5 Å². The standard InChI is InChI=1S/C17H14N4O/c18-11-13-1-5-15(6-2-13)20-10-9-17(22)21-16-7-3-14(12-19)4-8-16/h1-8,20H,9-10H2,(H,21,22). The highest BCUT2D eigenvalue weighted by atomic mass is 16.1. The summed E-state index contributed by atoms with van der Waals surface area (Å²) in [5.41, 5.74) is 2.69. The second-order valence-corrected chi connectivity index (χ2v) is 4.60. The van der Waals surface area contributed by atoms with Gasteiger partial charge in [-0.25, -0.2) is 0 Å². The first kappa shape index (κ1) is 15.1. The number of anilines is 2. The third-order valence-corrected chi connectivity index (χ3v) is 2.99. The van der Waals surface area contributed by atoms with Gasteiger partial charge in [0.1, 0.15) is 0 Å². The van der Waals surface area contributed by atoms with Crippen LogP contribution in [0.25, 0.3) is 0 Å². The monoisotopic (exact) mass is 290 g/mol. The molecule has 5 nitrogen and oxygen atoms in total. The van der Waals surface area contributed by atoms with E-state index in [-0.39, 0.29) is 5.91 Å². The number of carbonyl (C=O) groups excluding carboxylic acids is 1. The van der Waals surface area contributed by atoms with Gasteiger partial charge in [0.15, 0.2) is 0 Å². The summed E-state index contributed by atoms with van der Waals surface area (Å²) in [7, 11) is 0. The highest BCUT2D eigenvalue weighted by Crippen LogP contribution is 2.10. The lowest BCUT2D eigenvalue weighted by atomic mass is 10.2. The zero-order valence-electron chi connectivity index (χ0n) is 11.8. The summed E-state index contributed by atoms with van der Waals surface area (Å²) in [6.45, 7) is 0.494. The van der Waals surface area contributed by atoms with Crippen molar-refractivity contribution in [2.45, 2.75) is 6.42 Å². The van der Waals surface area contributed by atoms with Crippen LogP contribution in [0, 0.1) is 22.7 Å². The fourth-order valence-electron chi connectivity index (χ4n) is 1.83. The van der Waals surface area contributed by atoms with Crippen molar-refractivity contribution in [2.75, 3.05) is 17.2 Å². The maximum Gasteiger partial charge on any atom is 0.226 e. The largest absolute Gasteiger partial charge is 0.385 e. The molecule has 0 atom stereocenters. The van der Waals surface area contributed by atoms with Crippen molar-refractivity contribution >= 4 is 17.3 Å². The molecular formula is C17H14N4O. The maximum atomic E-state index is 11.8. The Hall–Kier alpha value is -3.31. The molecule has 0 fully saturated rings. The van der Waals surface area contributed by atoms with Crippen molar-refractivity contribution < 1.29 is 4.79 Å². The van der Waals surface area contributed by atoms with Gasteiger partial charge in [0.25, 0.3) is 0 Å². The van der Waals surface area contributed by atoms with Gasteiger partial charge in [-0.3, -0.25) is 4.79 Å². The van der Waals surface area contributed by atoms with Gasteiger partial charge in [0.05, 0.1) is 23.3 Å². The van der Waals surface area contributed by atoms with Crippen LogP contribution in [0.4, 0.5) is 11.4 Å². The van der Waals surface area contributed by atoms with Crippen molar-refractivity contribution in [3.05, 3.63) is 59.7 Å². The Morgan fingerprint density at radius 1 is 0.864 bits per heavy atom. The van der Waals surface area contributed by atoms with Gasteiger partial charge < -0.3 is 10.6 Å². The quantitative estimate of drug-likeness (QED) is 0.886. The summed E-state index contributed by atoms with van der Waals surface area (Å²) in [4.78, 5) is 11.8. The number of nitriles is 2. The van der Waals surface area contributed by atoms with Crippen molar-refractivity contribution in [2.24, 2.45) is 0 Å². The topological polar surface area (TPSA) is 88.7 Å². The van der Waals surface area contributed by atoms with E-state index >= 15 is 0 Å². The first-order chi connectivity index (χ1) is 10.7. The van der Waals surface area contributed by atoms with Crippen LogP contribution in [0.3, 0.4) is 0 Å². The number of amides is 1. The number of hydrogen-bond acceptors (Lipinski definition) is 4. The predicted octanol–water partition coefficient (Wildman–Crippen LogP) is 2.87. The molecule has 108 valence electrons. The van der Waals surface area contributed by atoms with E-state index in [9.17, 15) is 4.79 Å². The fourth-order valence-corrected chi connectivity index (χ4v) is 1.83. The Bertz CT molecular complexity index is 721. The summed E-state index contributed by atoms with van der Waals surface area (Å²) in [6, 6.07) is 17.8. The van der Waals surface area contributed by atoms with E-state index in [2.05, 4.69) is 16.7 Å². The Balaban J connectivity index is 1.77. The zero-order valence-corrected chi connectivity index (χ0v) is 11.8. The highest BCUT2D eigenvalue weighted by molar-refractivity contribution is 5.91. The van der Waals surface area contributed by atoms with Gasteiger partial charge in [-0.1, -0.05) is 0 Å². The van der Waals surface area contributed by atoms with E-state index in [1.165, 1.54) is 0 Å². The molecule has 0 aliphatic carbocycles. The molecule has 0 heterocycles. The molecule has 0 radical (unpaired) electrons. The molecule has 0 saturated carbocycles. The van der Waals surface area contributed by atoms with Crippen LogP contribution in [-0.2, 0) is 4.79 Å². The smallest absolute Gasteiger partial charge is 0.226 e. The average molecular weight is 290 g/mol. The third-order valence-electron chi connectivity index (χ3n) is 2.99. The molecule has 2 aromatic carbocycles. The minimum absolute atomic E-state index is 0.106. The van der Waals surface area contributed by atoms with E-state index in [4.69, 9.17) is 10.5 Å². The third kappa shape index (κ3) is 4.36. The van der Waals surface area contributed by atoms with E-state index in [0.29, 0.717) is 29.8 Å². The minimum atomic E-state index is -0.106. The second kappa shape index (κ2) is 7.47. The van der Waals surface area contributed by atoms with Gasteiger partial charge in [0.2, 0.25) is 5.91 Å². The number of nitrogens with one attached hydrogen (secondary N) is 2. The Morgan fingerprint density at radius 2 is 1.36 bits per heavy atom. The zero-order chi connectivity index (χ0) is 15.8.